The molecule has 0 radical (unpaired) electrons. The van der Waals surface area contributed by atoms with Gasteiger partial charge in [0.2, 0.25) is 0 Å². The molecule has 0 bridgehead atoms. The van der Waals surface area contributed by atoms with Crippen LogP contribution in [0.2, 0.25) is 0 Å². The Morgan fingerprint density at radius 1 is 1.46 bits per heavy atom. The summed E-state index contributed by atoms with van der Waals surface area (Å²) in [6, 6.07) is 0. The first-order valence-corrected chi connectivity index (χ1v) is 5.31. The molecule has 2 unspecified atom stereocenters. The Bertz CT molecular complexity index is 173. The highest BCUT2D eigenvalue weighted by Crippen LogP contribution is 2.34. The van der Waals surface area contributed by atoms with Crippen LogP contribution in [0.3, 0.4) is 0 Å². The molecule has 13 heavy (non-hydrogen) atoms. The molecule has 0 spiro atoms. The molecule has 78 valence electrons. The first-order chi connectivity index (χ1) is 5.83. The number of β-amino-alcohol motifs (C(OH)–C–C–N with tert-alkyl or cyclic N) is 1. The van der Waals surface area contributed by atoms with Crippen molar-refractivity contribution < 1.29 is 5.11 Å². The monoisotopic (exact) mass is 185 g/mol. The normalized spacial score (nSPS) is 35.3. The van der Waals surface area contributed by atoms with Crippen LogP contribution in [0.1, 0.15) is 47.0 Å². The standard InChI is InChI=1S/C11H23NO/c1-9-6-5-7-11(9,13)8-12-10(2,3)4/h9,12-13H,5-8H2,1-4H3. The van der Waals surface area contributed by atoms with Gasteiger partial charge < -0.3 is 10.4 Å². The lowest BCUT2D eigenvalue weighted by molar-refractivity contribution is 0.00486. The van der Waals surface area contributed by atoms with Crippen molar-refractivity contribution in [2.24, 2.45) is 5.92 Å². The smallest absolute Gasteiger partial charge is 0.0797 e. The van der Waals surface area contributed by atoms with E-state index in [0.29, 0.717) is 5.92 Å². The summed E-state index contributed by atoms with van der Waals surface area (Å²) in [7, 11) is 0. The largest absolute Gasteiger partial charge is 0.388 e. The Labute approximate surface area is 81.7 Å². The van der Waals surface area contributed by atoms with Crippen molar-refractivity contribution in [1.29, 1.82) is 0 Å². The van der Waals surface area contributed by atoms with Gasteiger partial charge in [-0.2, -0.15) is 0 Å². The Kier molecular flexibility index (Phi) is 3.03. The van der Waals surface area contributed by atoms with Gasteiger partial charge >= 0.3 is 0 Å². The number of hydrogen-bond acceptors (Lipinski definition) is 2. The number of aliphatic hydroxyl groups is 1. The van der Waals surface area contributed by atoms with Crippen LogP contribution in [0.15, 0.2) is 0 Å². The quantitative estimate of drug-likeness (QED) is 0.689. The van der Waals surface area contributed by atoms with E-state index in [2.05, 4.69) is 33.0 Å². The first-order valence-electron chi connectivity index (χ1n) is 5.31. The first kappa shape index (κ1) is 11.0. The van der Waals surface area contributed by atoms with Gasteiger partial charge in [0.1, 0.15) is 0 Å². The fraction of sp³-hybridized carbons (Fsp3) is 1.00. The van der Waals surface area contributed by atoms with Crippen LogP contribution < -0.4 is 5.32 Å². The molecule has 0 aromatic heterocycles. The SMILES string of the molecule is CC1CCCC1(O)CNC(C)(C)C. The lowest BCUT2D eigenvalue weighted by Gasteiger charge is -2.32. The molecule has 0 amide bonds. The molecule has 1 aliphatic rings. The summed E-state index contributed by atoms with van der Waals surface area (Å²) in [6.45, 7) is 9.29. The molecule has 1 saturated carbocycles. The predicted octanol–water partition coefficient (Wildman–Crippen LogP) is 1.93. The van der Waals surface area contributed by atoms with E-state index in [4.69, 9.17) is 0 Å². The average Bonchev–Trinajstić information content (AvgIpc) is 2.29. The molecule has 1 rings (SSSR count). The lowest BCUT2D eigenvalue weighted by atomic mass is 9.91. The lowest BCUT2D eigenvalue weighted by Crippen LogP contribution is -2.49. The maximum absolute atomic E-state index is 10.3. The molecular weight excluding hydrogens is 162 g/mol. The third kappa shape index (κ3) is 2.96. The molecule has 0 saturated heterocycles. The average molecular weight is 185 g/mol. The minimum Gasteiger partial charge on any atom is -0.388 e. The minimum atomic E-state index is -0.451. The van der Waals surface area contributed by atoms with E-state index in [1.54, 1.807) is 0 Å². The van der Waals surface area contributed by atoms with Gasteiger partial charge in [0.05, 0.1) is 5.60 Å². The second-order valence-corrected chi connectivity index (χ2v) is 5.50. The van der Waals surface area contributed by atoms with Crippen LogP contribution in [0.25, 0.3) is 0 Å². The summed E-state index contributed by atoms with van der Waals surface area (Å²) < 4.78 is 0. The van der Waals surface area contributed by atoms with Crippen LogP contribution in [0.5, 0.6) is 0 Å². The zero-order valence-electron chi connectivity index (χ0n) is 9.35. The van der Waals surface area contributed by atoms with E-state index >= 15 is 0 Å². The van der Waals surface area contributed by atoms with E-state index in [0.717, 1.165) is 13.0 Å². The molecule has 0 aromatic carbocycles. The van der Waals surface area contributed by atoms with E-state index in [1.165, 1.54) is 12.8 Å². The Balaban J connectivity index is 2.43. The van der Waals surface area contributed by atoms with E-state index in [-0.39, 0.29) is 5.54 Å². The van der Waals surface area contributed by atoms with E-state index in [9.17, 15) is 5.11 Å². The van der Waals surface area contributed by atoms with Crippen molar-refractivity contribution in [1.82, 2.24) is 5.32 Å². The molecule has 2 atom stereocenters. The van der Waals surface area contributed by atoms with Gasteiger partial charge in [-0.25, -0.2) is 0 Å². The molecule has 1 fully saturated rings. The van der Waals surface area contributed by atoms with Crippen molar-refractivity contribution >= 4 is 0 Å². The molecule has 1 aliphatic carbocycles. The summed E-state index contributed by atoms with van der Waals surface area (Å²) in [6.07, 6.45) is 3.29. The van der Waals surface area contributed by atoms with Crippen molar-refractivity contribution in [2.75, 3.05) is 6.54 Å². The molecule has 2 N–H and O–H groups in total. The van der Waals surface area contributed by atoms with Crippen LogP contribution in [0, 0.1) is 5.92 Å². The van der Waals surface area contributed by atoms with Gasteiger partial charge in [0, 0.05) is 12.1 Å². The second kappa shape index (κ2) is 3.58. The molecule has 0 aliphatic heterocycles. The highest BCUT2D eigenvalue weighted by atomic mass is 16.3. The topological polar surface area (TPSA) is 32.3 Å². The van der Waals surface area contributed by atoms with Crippen LogP contribution in [-0.4, -0.2) is 22.8 Å². The van der Waals surface area contributed by atoms with Gasteiger partial charge in [-0.1, -0.05) is 13.3 Å². The Hall–Kier alpha value is -0.0800. The molecule has 2 nitrogen and oxygen atoms in total. The molecular formula is C11H23NO. The summed E-state index contributed by atoms with van der Waals surface area (Å²) in [4.78, 5) is 0. The van der Waals surface area contributed by atoms with Crippen LogP contribution >= 0.6 is 0 Å². The fourth-order valence-electron chi connectivity index (χ4n) is 1.91. The maximum atomic E-state index is 10.3. The zero-order valence-corrected chi connectivity index (χ0v) is 9.35. The highest BCUT2D eigenvalue weighted by molar-refractivity contribution is 4.93. The Morgan fingerprint density at radius 3 is 2.46 bits per heavy atom. The van der Waals surface area contributed by atoms with Crippen LogP contribution in [-0.2, 0) is 0 Å². The molecule has 0 heterocycles. The van der Waals surface area contributed by atoms with Gasteiger partial charge in [-0.05, 0) is 39.5 Å². The third-order valence-corrected chi connectivity index (χ3v) is 3.09. The van der Waals surface area contributed by atoms with Gasteiger partial charge in [-0.3, -0.25) is 0 Å². The third-order valence-electron chi connectivity index (χ3n) is 3.09. The van der Waals surface area contributed by atoms with E-state index < -0.39 is 5.60 Å². The number of rotatable bonds is 2. The maximum Gasteiger partial charge on any atom is 0.0797 e. The summed E-state index contributed by atoms with van der Waals surface area (Å²) in [5, 5.41) is 13.6. The van der Waals surface area contributed by atoms with E-state index in [1.807, 2.05) is 0 Å². The van der Waals surface area contributed by atoms with Gasteiger partial charge in [0.25, 0.3) is 0 Å². The van der Waals surface area contributed by atoms with Crippen molar-refractivity contribution in [3.8, 4) is 0 Å². The van der Waals surface area contributed by atoms with Gasteiger partial charge in [0.15, 0.2) is 0 Å². The van der Waals surface area contributed by atoms with Crippen molar-refractivity contribution in [2.45, 2.75) is 58.1 Å². The summed E-state index contributed by atoms with van der Waals surface area (Å²) in [5.74, 6) is 0.447. The Morgan fingerprint density at radius 2 is 2.08 bits per heavy atom. The molecule has 0 aromatic rings. The zero-order chi connectivity index (χ0) is 10.1. The number of hydrogen-bond donors (Lipinski definition) is 2. The van der Waals surface area contributed by atoms with Crippen molar-refractivity contribution in [3.63, 3.8) is 0 Å². The summed E-state index contributed by atoms with van der Waals surface area (Å²) in [5.41, 5.74) is -0.342. The predicted molar refractivity (Wildman–Crippen MR) is 55.7 cm³/mol. The number of nitrogens with one attached hydrogen (secondary N) is 1. The minimum absolute atomic E-state index is 0.109. The summed E-state index contributed by atoms with van der Waals surface area (Å²) >= 11 is 0. The second-order valence-electron chi connectivity index (χ2n) is 5.50. The van der Waals surface area contributed by atoms with Gasteiger partial charge in [-0.15, -0.1) is 0 Å². The fourth-order valence-corrected chi connectivity index (χ4v) is 1.91. The van der Waals surface area contributed by atoms with Crippen molar-refractivity contribution in [3.05, 3.63) is 0 Å². The van der Waals surface area contributed by atoms with Crippen LogP contribution in [0.4, 0.5) is 0 Å². The molecule has 2 heteroatoms. The highest BCUT2D eigenvalue weighted by Gasteiger charge is 2.38.